The summed E-state index contributed by atoms with van der Waals surface area (Å²) >= 11 is 7.42. The van der Waals surface area contributed by atoms with Gasteiger partial charge < -0.3 is 15.0 Å². The lowest BCUT2D eigenvalue weighted by atomic mass is 10.1. The van der Waals surface area contributed by atoms with Crippen LogP contribution in [0.4, 0.5) is 4.39 Å². The second-order valence-electron chi connectivity index (χ2n) is 8.48. The Hall–Kier alpha value is -2.25. The van der Waals surface area contributed by atoms with Crippen LogP contribution < -0.4 is 10.1 Å². The second kappa shape index (κ2) is 13.0. The molecule has 1 aliphatic rings. The maximum absolute atomic E-state index is 14.1. The molecular weight excluding hydrogens is 475 g/mol. The molecular formula is C26H32ClFN2O3S. The minimum absolute atomic E-state index is 0.113. The van der Waals surface area contributed by atoms with Gasteiger partial charge in [-0.15, -0.1) is 11.8 Å². The van der Waals surface area contributed by atoms with Crippen LogP contribution in [0.5, 0.6) is 5.75 Å². The molecule has 34 heavy (non-hydrogen) atoms. The number of hydrogen-bond donors (Lipinski definition) is 1. The van der Waals surface area contributed by atoms with Gasteiger partial charge in [0.25, 0.3) is 0 Å². The molecule has 1 atom stereocenters. The van der Waals surface area contributed by atoms with Crippen molar-refractivity contribution in [3.8, 4) is 5.75 Å². The molecule has 8 heteroatoms. The first-order chi connectivity index (χ1) is 16.4. The van der Waals surface area contributed by atoms with E-state index in [1.807, 2.05) is 31.2 Å². The molecule has 1 fully saturated rings. The average Bonchev–Trinajstić information content (AvgIpc) is 3.34. The van der Waals surface area contributed by atoms with Crippen LogP contribution in [0.15, 0.2) is 42.5 Å². The number of hydrogen-bond acceptors (Lipinski definition) is 4. The summed E-state index contributed by atoms with van der Waals surface area (Å²) in [5.41, 5.74) is 1.26. The Bertz CT molecular complexity index is 964. The summed E-state index contributed by atoms with van der Waals surface area (Å²) in [6, 6.07) is 11.6. The molecule has 2 aromatic carbocycles. The highest BCUT2D eigenvalue weighted by molar-refractivity contribution is 7.99. The van der Waals surface area contributed by atoms with Gasteiger partial charge in [0.05, 0.1) is 12.9 Å². The third kappa shape index (κ3) is 7.12. The van der Waals surface area contributed by atoms with E-state index in [0.29, 0.717) is 22.8 Å². The average molecular weight is 507 g/mol. The molecule has 0 spiro atoms. The van der Waals surface area contributed by atoms with Crippen LogP contribution in [0, 0.1) is 5.82 Å². The molecule has 1 saturated carbocycles. The predicted molar refractivity (Wildman–Crippen MR) is 136 cm³/mol. The summed E-state index contributed by atoms with van der Waals surface area (Å²) in [4.78, 5) is 28.2. The van der Waals surface area contributed by atoms with E-state index in [0.717, 1.165) is 31.2 Å². The Morgan fingerprint density at radius 2 is 1.97 bits per heavy atom. The third-order valence-electron chi connectivity index (χ3n) is 6.11. The molecule has 1 aliphatic carbocycles. The summed E-state index contributed by atoms with van der Waals surface area (Å²) in [7, 11) is 1.59. The topological polar surface area (TPSA) is 58.6 Å². The fourth-order valence-electron chi connectivity index (χ4n) is 4.25. The molecule has 1 N–H and O–H groups in total. The van der Waals surface area contributed by atoms with Crippen molar-refractivity contribution in [2.75, 3.05) is 12.9 Å². The minimum atomic E-state index is -0.586. The van der Waals surface area contributed by atoms with E-state index in [4.69, 9.17) is 16.3 Å². The van der Waals surface area contributed by atoms with Crippen LogP contribution in [0.25, 0.3) is 0 Å². The van der Waals surface area contributed by atoms with Crippen molar-refractivity contribution in [1.82, 2.24) is 10.2 Å². The van der Waals surface area contributed by atoms with Gasteiger partial charge in [0.1, 0.15) is 17.6 Å². The van der Waals surface area contributed by atoms with Gasteiger partial charge in [-0.3, -0.25) is 9.59 Å². The molecule has 3 rings (SSSR count). The lowest BCUT2D eigenvalue weighted by Gasteiger charge is -2.31. The van der Waals surface area contributed by atoms with Gasteiger partial charge in [-0.05, 0) is 49.1 Å². The van der Waals surface area contributed by atoms with Crippen LogP contribution in [0.1, 0.15) is 50.2 Å². The van der Waals surface area contributed by atoms with Crippen molar-refractivity contribution < 1.29 is 18.7 Å². The molecule has 2 aromatic rings. The minimum Gasteiger partial charge on any atom is -0.497 e. The second-order valence-corrected chi connectivity index (χ2v) is 9.87. The zero-order valence-electron chi connectivity index (χ0n) is 19.7. The highest BCUT2D eigenvalue weighted by Crippen LogP contribution is 2.25. The van der Waals surface area contributed by atoms with Crippen molar-refractivity contribution in [2.45, 2.75) is 63.4 Å². The number of benzene rings is 2. The maximum Gasteiger partial charge on any atom is 0.243 e. The van der Waals surface area contributed by atoms with Crippen molar-refractivity contribution in [1.29, 1.82) is 0 Å². The van der Waals surface area contributed by atoms with E-state index in [9.17, 15) is 14.0 Å². The zero-order valence-corrected chi connectivity index (χ0v) is 21.3. The van der Waals surface area contributed by atoms with Crippen LogP contribution in [0.2, 0.25) is 5.02 Å². The van der Waals surface area contributed by atoms with Crippen molar-refractivity contribution >= 4 is 35.2 Å². The van der Waals surface area contributed by atoms with Crippen LogP contribution in [-0.2, 0) is 21.9 Å². The Balaban J connectivity index is 1.74. The zero-order chi connectivity index (χ0) is 24.5. The number of carbonyl (C=O) groups is 2. The van der Waals surface area contributed by atoms with Gasteiger partial charge in [0.15, 0.2) is 0 Å². The monoisotopic (exact) mass is 506 g/mol. The van der Waals surface area contributed by atoms with Gasteiger partial charge in [-0.2, -0.15) is 0 Å². The number of methoxy groups -OCH3 is 1. The summed E-state index contributed by atoms with van der Waals surface area (Å²) < 4.78 is 19.4. The Kier molecular flexibility index (Phi) is 10.1. The molecule has 0 unspecified atom stereocenters. The standard InChI is InChI=1S/C26H32ClFN2O3S/c1-3-24(26(32)29-19-9-4-5-10-19)30(15-18-8-6-11-20(14-18)33-2)25(31)17-34-16-21-22(27)12-7-13-23(21)28/h6-8,11-14,19,24H,3-5,9-10,15-17H2,1-2H3,(H,29,32)/t24-/m1/s1. The van der Waals surface area contributed by atoms with Crippen molar-refractivity contribution in [3.05, 3.63) is 64.4 Å². The SMILES string of the molecule is CC[C@H](C(=O)NC1CCCC1)N(Cc1cccc(OC)c1)C(=O)CSCc1c(F)cccc1Cl. The van der Waals surface area contributed by atoms with Crippen LogP contribution in [-0.4, -0.2) is 41.7 Å². The lowest BCUT2D eigenvalue weighted by molar-refractivity contribution is -0.139. The highest BCUT2D eigenvalue weighted by Gasteiger charge is 2.30. The molecule has 0 aromatic heterocycles. The summed E-state index contributed by atoms with van der Waals surface area (Å²) in [5.74, 6) is 0.401. The van der Waals surface area contributed by atoms with E-state index in [-0.39, 0.29) is 41.7 Å². The Labute approximate surface area is 210 Å². The Morgan fingerprint density at radius 3 is 2.65 bits per heavy atom. The maximum atomic E-state index is 14.1. The van der Waals surface area contributed by atoms with Gasteiger partial charge in [-0.1, -0.05) is 49.6 Å². The van der Waals surface area contributed by atoms with Crippen molar-refractivity contribution in [3.63, 3.8) is 0 Å². The molecule has 0 heterocycles. The fourth-order valence-corrected chi connectivity index (χ4v) is 5.50. The molecule has 0 bridgehead atoms. The van der Waals surface area contributed by atoms with Gasteiger partial charge >= 0.3 is 0 Å². The number of nitrogens with one attached hydrogen (secondary N) is 1. The number of halogens is 2. The largest absolute Gasteiger partial charge is 0.497 e. The van der Waals surface area contributed by atoms with E-state index in [1.165, 1.54) is 17.8 Å². The summed E-state index contributed by atoms with van der Waals surface area (Å²) in [5, 5.41) is 3.48. The normalized spacial score (nSPS) is 14.6. The van der Waals surface area contributed by atoms with Crippen molar-refractivity contribution in [2.24, 2.45) is 0 Å². The third-order valence-corrected chi connectivity index (χ3v) is 7.41. The van der Waals surface area contributed by atoms with E-state index in [2.05, 4.69) is 5.32 Å². The molecule has 5 nitrogen and oxygen atoms in total. The summed E-state index contributed by atoms with van der Waals surface area (Å²) in [6.45, 7) is 2.20. The predicted octanol–water partition coefficient (Wildman–Crippen LogP) is 5.59. The van der Waals surface area contributed by atoms with Gasteiger partial charge in [-0.25, -0.2) is 4.39 Å². The number of nitrogens with zero attached hydrogens (tertiary/aromatic N) is 1. The quantitative estimate of drug-likeness (QED) is 0.432. The number of thioether (sulfide) groups is 1. The molecule has 2 amide bonds. The molecule has 0 aliphatic heterocycles. The van der Waals surface area contributed by atoms with E-state index >= 15 is 0 Å². The Morgan fingerprint density at radius 1 is 1.24 bits per heavy atom. The molecule has 0 radical (unpaired) electrons. The number of amides is 2. The number of rotatable bonds is 11. The number of ether oxygens (including phenoxy) is 1. The summed E-state index contributed by atoms with van der Waals surface area (Å²) in [6.07, 6.45) is 4.68. The van der Waals surface area contributed by atoms with Gasteiger partial charge in [0, 0.05) is 28.9 Å². The van der Waals surface area contributed by atoms with Crippen LogP contribution >= 0.6 is 23.4 Å². The highest BCUT2D eigenvalue weighted by atomic mass is 35.5. The first-order valence-corrected chi connectivity index (χ1v) is 13.2. The first kappa shape index (κ1) is 26.4. The molecule has 0 saturated heterocycles. The molecule has 184 valence electrons. The van der Waals surface area contributed by atoms with E-state index in [1.54, 1.807) is 24.1 Å². The fraction of sp³-hybridized carbons (Fsp3) is 0.462. The van der Waals surface area contributed by atoms with Gasteiger partial charge in [0.2, 0.25) is 11.8 Å². The lowest BCUT2D eigenvalue weighted by Crippen LogP contribution is -2.51. The van der Waals surface area contributed by atoms with Crippen LogP contribution in [0.3, 0.4) is 0 Å². The number of carbonyl (C=O) groups excluding carboxylic acids is 2. The first-order valence-electron chi connectivity index (χ1n) is 11.7. The smallest absolute Gasteiger partial charge is 0.243 e. The van der Waals surface area contributed by atoms with E-state index < -0.39 is 6.04 Å².